The maximum Gasteiger partial charge on any atom is 0.254 e. The van der Waals surface area contributed by atoms with Crippen molar-refractivity contribution >= 4 is 40.7 Å². The fraction of sp³-hybridized carbons (Fsp3) is 0.200. The van der Waals surface area contributed by atoms with Gasteiger partial charge in [0.2, 0.25) is 0 Å². The van der Waals surface area contributed by atoms with Crippen molar-refractivity contribution in [2.45, 2.75) is 20.0 Å². The van der Waals surface area contributed by atoms with Gasteiger partial charge in [0.15, 0.2) is 0 Å². The molecule has 0 N–H and O–H groups in total. The van der Waals surface area contributed by atoms with E-state index >= 15 is 0 Å². The highest BCUT2D eigenvalue weighted by Gasteiger charge is 2.17. The van der Waals surface area contributed by atoms with E-state index in [-0.39, 0.29) is 5.91 Å². The third-order valence-electron chi connectivity index (χ3n) is 4.23. The van der Waals surface area contributed by atoms with Crippen molar-refractivity contribution in [2.24, 2.45) is 0 Å². The van der Waals surface area contributed by atoms with Crippen molar-refractivity contribution in [3.05, 3.63) is 86.9 Å². The van der Waals surface area contributed by atoms with Crippen molar-refractivity contribution in [1.29, 1.82) is 0 Å². The summed E-state index contributed by atoms with van der Waals surface area (Å²) in [6.45, 7) is 3.52. The van der Waals surface area contributed by atoms with Crippen LogP contribution in [0.5, 0.6) is 0 Å². The average molecular weight is 423 g/mol. The Bertz CT molecular complexity index is 938. The van der Waals surface area contributed by atoms with Crippen LogP contribution in [0.25, 0.3) is 0 Å². The van der Waals surface area contributed by atoms with Crippen molar-refractivity contribution in [3.8, 4) is 0 Å². The fourth-order valence-corrected chi connectivity index (χ4v) is 3.19. The van der Waals surface area contributed by atoms with Gasteiger partial charge in [0.1, 0.15) is 5.82 Å². The zero-order valence-electron chi connectivity index (χ0n) is 14.7. The summed E-state index contributed by atoms with van der Waals surface area (Å²) in [6, 6.07) is 12.4. The number of nitrogens with zero attached hydrogens (tertiary/aromatic N) is 3. The summed E-state index contributed by atoms with van der Waals surface area (Å²) in [5, 5.41) is 1.65. The predicted octanol–water partition coefficient (Wildman–Crippen LogP) is 5.55. The molecule has 0 aliphatic rings. The smallest absolute Gasteiger partial charge is 0.254 e. The lowest BCUT2D eigenvalue weighted by molar-refractivity contribution is 0.0747. The molecule has 1 amide bonds. The van der Waals surface area contributed by atoms with Crippen LogP contribution in [0.3, 0.4) is 0 Å². The maximum absolute atomic E-state index is 12.8. The van der Waals surface area contributed by atoms with E-state index in [1.54, 1.807) is 41.4 Å². The Morgan fingerprint density at radius 1 is 1.07 bits per heavy atom. The maximum atomic E-state index is 12.8. The number of halogens is 3. The lowest BCUT2D eigenvalue weighted by Crippen LogP contribution is -2.31. The predicted molar refractivity (Wildman–Crippen MR) is 110 cm³/mol. The molecule has 0 fully saturated rings. The summed E-state index contributed by atoms with van der Waals surface area (Å²) in [5.41, 5.74) is 1.61. The minimum atomic E-state index is -0.0572. The van der Waals surface area contributed by atoms with E-state index in [1.807, 2.05) is 29.8 Å². The quantitative estimate of drug-likeness (QED) is 0.522. The van der Waals surface area contributed by atoms with E-state index in [0.717, 1.165) is 11.4 Å². The monoisotopic (exact) mass is 421 g/mol. The molecule has 0 aliphatic heterocycles. The molecule has 0 spiro atoms. The molecule has 4 nitrogen and oxygen atoms in total. The number of rotatable bonds is 6. The third kappa shape index (κ3) is 4.83. The Labute approximate surface area is 173 Å². The first kappa shape index (κ1) is 19.7. The van der Waals surface area contributed by atoms with Gasteiger partial charge in [-0.3, -0.25) is 4.79 Å². The Balaban J connectivity index is 1.76. The molecule has 2 aromatic carbocycles. The molecule has 1 aromatic heterocycles. The van der Waals surface area contributed by atoms with Gasteiger partial charge < -0.3 is 9.47 Å². The average Bonchev–Trinajstić information content (AvgIpc) is 3.09. The second kappa shape index (κ2) is 8.79. The molecular formula is C20H18Cl3N3O. The van der Waals surface area contributed by atoms with Gasteiger partial charge in [0, 0.05) is 36.1 Å². The van der Waals surface area contributed by atoms with Crippen molar-refractivity contribution in [1.82, 2.24) is 14.5 Å². The summed E-state index contributed by atoms with van der Waals surface area (Å²) in [7, 11) is 0. The molecule has 27 heavy (non-hydrogen) atoms. The van der Waals surface area contributed by atoms with Crippen molar-refractivity contribution < 1.29 is 4.79 Å². The van der Waals surface area contributed by atoms with E-state index in [2.05, 4.69) is 4.98 Å². The lowest BCUT2D eigenvalue weighted by atomic mass is 10.2. The Kier molecular flexibility index (Phi) is 6.42. The fourth-order valence-electron chi connectivity index (χ4n) is 2.74. The minimum absolute atomic E-state index is 0.0572. The second-order valence-corrected chi connectivity index (χ2v) is 7.30. The van der Waals surface area contributed by atoms with Crippen molar-refractivity contribution in [2.75, 3.05) is 6.54 Å². The van der Waals surface area contributed by atoms with Crippen LogP contribution in [0.1, 0.15) is 28.7 Å². The summed E-state index contributed by atoms with van der Waals surface area (Å²) >= 11 is 18.0. The largest absolute Gasteiger partial charge is 0.331 e. The number of hydrogen-bond donors (Lipinski definition) is 0. The Morgan fingerprint density at radius 3 is 2.48 bits per heavy atom. The molecular weight excluding hydrogens is 405 g/mol. The second-order valence-electron chi connectivity index (χ2n) is 6.05. The number of imidazole rings is 1. The van der Waals surface area contributed by atoms with Gasteiger partial charge >= 0.3 is 0 Å². The van der Waals surface area contributed by atoms with E-state index in [9.17, 15) is 4.79 Å². The van der Waals surface area contributed by atoms with Gasteiger partial charge in [-0.25, -0.2) is 4.98 Å². The topological polar surface area (TPSA) is 38.1 Å². The van der Waals surface area contributed by atoms with Gasteiger partial charge in [-0.15, -0.1) is 0 Å². The molecule has 0 saturated carbocycles. The molecule has 0 atom stereocenters. The first-order chi connectivity index (χ1) is 13.0. The SMILES string of the molecule is CCN(Cc1nccn1Cc1ccc(Cl)c(Cl)c1)C(=O)c1ccc(Cl)cc1. The van der Waals surface area contributed by atoms with Crippen LogP contribution in [0.15, 0.2) is 54.9 Å². The van der Waals surface area contributed by atoms with Crippen LogP contribution < -0.4 is 0 Å². The van der Waals surface area contributed by atoms with Crippen molar-refractivity contribution in [3.63, 3.8) is 0 Å². The van der Waals surface area contributed by atoms with Crippen LogP contribution in [-0.2, 0) is 13.1 Å². The highest BCUT2D eigenvalue weighted by molar-refractivity contribution is 6.42. The highest BCUT2D eigenvalue weighted by atomic mass is 35.5. The standard InChI is InChI=1S/C20H18Cl3N3O/c1-2-25(20(27)15-4-6-16(21)7-5-15)13-19-24-9-10-26(19)12-14-3-8-17(22)18(23)11-14/h3-11H,2,12-13H2,1H3. The van der Waals surface area contributed by atoms with Gasteiger partial charge in [0.25, 0.3) is 5.91 Å². The number of carbonyl (C=O) groups is 1. The van der Waals surface area contributed by atoms with Crippen LogP contribution in [-0.4, -0.2) is 26.9 Å². The molecule has 140 valence electrons. The molecule has 0 saturated heterocycles. The molecule has 3 aromatic rings. The first-order valence-electron chi connectivity index (χ1n) is 8.46. The van der Waals surface area contributed by atoms with Crippen LogP contribution in [0.2, 0.25) is 15.1 Å². The molecule has 0 bridgehead atoms. The number of hydrogen-bond acceptors (Lipinski definition) is 2. The third-order valence-corrected chi connectivity index (χ3v) is 5.22. The summed E-state index contributed by atoms with van der Waals surface area (Å²) in [4.78, 5) is 18.9. The summed E-state index contributed by atoms with van der Waals surface area (Å²) in [5.74, 6) is 0.739. The highest BCUT2D eigenvalue weighted by Crippen LogP contribution is 2.23. The van der Waals surface area contributed by atoms with Crippen LogP contribution in [0.4, 0.5) is 0 Å². The molecule has 0 aliphatic carbocycles. The normalized spacial score (nSPS) is 10.8. The number of aromatic nitrogens is 2. The van der Waals surface area contributed by atoms with E-state index in [1.165, 1.54) is 0 Å². The summed E-state index contributed by atoms with van der Waals surface area (Å²) in [6.07, 6.45) is 3.62. The zero-order valence-corrected chi connectivity index (χ0v) is 17.0. The molecule has 1 heterocycles. The van der Waals surface area contributed by atoms with Crippen LogP contribution >= 0.6 is 34.8 Å². The number of carbonyl (C=O) groups excluding carboxylic acids is 1. The minimum Gasteiger partial charge on any atom is -0.331 e. The van der Waals surface area contributed by atoms with Gasteiger partial charge in [-0.05, 0) is 48.9 Å². The molecule has 3 rings (SSSR count). The molecule has 0 unspecified atom stereocenters. The lowest BCUT2D eigenvalue weighted by Gasteiger charge is -2.21. The van der Waals surface area contributed by atoms with E-state index in [0.29, 0.717) is 40.3 Å². The Hall–Kier alpha value is -2.01. The first-order valence-corrected chi connectivity index (χ1v) is 9.60. The summed E-state index contributed by atoms with van der Waals surface area (Å²) < 4.78 is 2.00. The molecule has 0 radical (unpaired) electrons. The number of benzene rings is 2. The van der Waals surface area contributed by atoms with E-state index < -0.39 is 0 Å². The van der Waals surface area contributed by atoms with E-state index in [4.69, 9.17) is 34.8 Å². The van der Waals surface area contributed by atoms with Gasteiger partial charge in [-0.2, -0.15) is 0 Å². The molecule has 7 heteroatoms. The van der Waals surface area contributed by atoms with Gasteiger partial charge in [-0.1, -0.05) is 40.9 Å². The Morgan fingerprint density at radius 2 is 1.81 bits per heavy atom. The number of amides is 1. The zero-order chi connectivity index (χ0) is 19.4. The van der Waals surface area contributed by atoms with Crippen LogP contribution in [0, 0.1) is 0 Å². The van der Waals surface area contributed by atoms with Gasteiger partial charge in [0.05, 0.1) is 16.6 Å².